The molecule has 2 fully saturated rings. The molecule has 1 atom stereocenters. The van der Waals surface area contributed by atoms with Gasteiger partial charge in [-0.3, -0.25) is 0 Å². The van der Waals surface area contributed by atoms with Crippen LogP contribution in [0.1, 0.15) is 38.5 Å². The lowest BCUT2D eigenvalue weighted by molar-refractivity contribution is -0.0535. The Morgan fingerprint density at radius 3 is 2.65 bits per heavy atom. The lowest BCUT2D eigenvalue weighted by Crippen LogP contribution is -2.45. The van der Waals surface area contributed by atoms with Crippen molar-refractivity contribution in [2.45, 2.75) is 38.5 Å². The average molecular weight is 241 g/mol. The van der Waals surface area contributed by atoms with Crippen molar-refractivity contribution in [3.8, 4) is 0 Å². The van der Waals surface area contributed by atoms with Gasteiger partial charge in [-0.05, 0) is 38.6 Å². The van der Waals surface area contributed by atoms with E-state index in [0.717, 1.165) is 38.5 Å². The van der Waals surface area contributed by atoms with E-state index in [9.17, 15) is 5.11 Å². The molecule has 1 aliphatic carbocycles. The van der Waals surface area contributed by atoms with Gasteiger partial charge in [0.2, 0.25) is 0 Å². The third kappa shape index (κ3) is 3.67. The summed E-state index contributed by atoms with van der Waals surface area (Å²) < 4.78 is 5.56. The molecule has 1 heterocycles. The van der Waals surface area contributed by atoms with Gasteiger partial charge in [-0.1, -0.05) is 12.8 Å². The Hall–Kier alpha value is -0.120. The first kappa shape index (κ1) is 13.3. The van der Waals surface area contributed by atoms with E-state index in [1.807, 2.05) is 0 Å². The molecule has 2 aliphatic rings. The van der Waals surface area contributed by atoms with E-state index in [2.05, 4.69) is 11.9 Å². The number of nitrogens with zero attached hydrogens (tertiary/aromatic N) is 1. The molecule has 3 nitrogen and oxygen atoms in total. The van der Waals surface area contributed by atoms with Crippen molar-refractivity contribution in [1.29, 1.82) is 0 Å². The van der Waals surface area contributed by atoms with Crippen molar-refractivity contribution in [2.24, 2.45) is 11.3 Å². The predicted octanol–water partition coefficient (Wildman–Crippen LogP) is 1.90. The minimum Gasteiger partial charge on any atom is -0.396 e. The van der Waals surface area contributed by atoms with Crippen LogP contribution < -0.4 is 0 Å². The molecule has 0 aromatic carbocycles. The summed E-state index contributed by atoms with van der Waals surface area (Å²) in [6.45, 7) is 4.05. The summed E-state index contributed by atoms with van der Waals surface area (Å²) in [6.07, 6.45) is 7.82. The smallest absolute Gasteiger partial charge is 0.0556 e. The van der Waals surface area contributed by atoms with Crippen LogP contribution in [-0.2, 0) is 4.74 Å². The summed E-state index contributed by atoms with van der Waals surface area (Å²) in [5, 5.41) is 9.64. The Balaban J connectivity index is 1.80. The summed E-state index contributed by atoms with van der Waals surface area (Å²) in [7, 11) is 2.20. The van der Waals surface area contributed by atoms with Gasteiger partial charge in [0.1, 0.15) is 0 Å². The van der Waals surface area contributed by atoms with Crippen LogP contribution in [0.2, 0.25) is 0 Å². The van der Waals surface area contributed by atoms with Gasteiger partial charge in [0.25, 0.3) is 0 Å². The van der Waals surface area contributed by atoms with Crippen molar-refractivity contribution in [3.05, 3.63) is 0 Å². The third-order valence-corrected chi connectivity index (χ3v) is 4.39. The fraction of sp³-hybridized carbons (Fsp3) is 1.00. The molecular formula is C14H27NO2. The zero-order valence-corrected chi connectivity index (χ0v) is 11.2. The number of hydrogen-bond donors (Lipinski definition) is 1. The molecule has 1 saturated carbocycles. The molecule has 1 saturated heterocycles. The molecule has 2 rings (SSSR count). The Morgan fingerprint density at radius 2 is 2.06 bits per heavy atom. The van der Waals surface area contributed by atoms with E-state index in [1.54, 1.807) is 0 Å². The maximum Gasteiger partial charge on any atom is 0.0556 e. The Morgan fingerprint density at radius 1 is 1.29 bits per heavy atom. The number of hydrogen-bond acceptors (Lipinski definition) is 3. The second-order valence-electron chi connectivity index (χ2n) is 6.16. The van der Waals surface area contributed by atoms with Crippen LogP contribution in [0.4, 0.5) is 0 Å². The Labute approximate surface area is 105 Å². The Bertz CT molecular complexity index is 220. The van der Waals surface area contributed by atoms with Crippen molar-refractivity contribution < 1.29 is 9.84 Å². The zero-order valence-electron chi connectivity index (χ0n) is 11.2. The van der Waals surface area contributed by atoms with E-state index < -0.39 is 0 Å². The topological polar surface area (TPSA) is 32.7 Å². The van der Waals surface area contributed by atoms with Gasteiger partial charge in [-0.2, -0.15) is 0 Å². The van der Waals surface area contributed by atoms with Gasteiger partial charge in [-0.15, -0.1) is 0 Å². The van der Waals surface area contributed by atoms with Crippen LogP contribution in [0, 0.1) is 11.3 Å². The van der Waals surface area contributed by atoms with E-state index in [0.29, 0.717) is 0 Å². The first-order valence-electron chi connectivity index (χ1n) is 7.11. The zero-order chi connectivity index (χ0) is 12.1. The van der Waals surface area contributed by atoms with Crippen LogP contribution in [0.15, 0.2) is 0 Å². The maximum atomic E-state index is 9.64. The monoisotopic (exact) mass is 241 g/mol. The van der Waals surface area contributed by atoms with E-state index in [1.165, 1.54) is 32.2 Å². The molecule has 0 radical (unpaired) electrons. The number of ether oxygens (including phenoxy) is 1. The van der Waals surface area contributed by atoms with Crippen LogP contribution in [0.3, 0.4) is 0 Å². The molecule has 17 heavy (non-hydrogen) atoms. The summed E-state index contributed by atoms with van der Waals surface area (Å²) in [4.78, 5) is 2.42. The number of aliphatic hydroxyl groups is 1. The number of rotatable bonds is 5. The second-order valence-corrected chi connectivity index (χ2v) is 6.16. The van der Waals surface area contributed by atoms with Crippen LogP contribution in [0.5, 0.6) is 0 Å². The van der Waals surface area contributed by atoms with Gasteiger partial charge in [0.15, 0.2) is 0 Å². The van der Waals surface area contributed by atoms with Gasteiger partial charge >= 0.3 is 0 Å². The molecular weight excluding hydrogens is 214 g/mol. The van der Waals surface area contributed by atoms with Crippen molar-refractivity contribution in [3.63, 3.8) is 0 Å². The maximum absolute atomic E-state index is 9.64. The average Bonchev–Trinajstić information content (AvgIpc) is 2.83. The molecule has 100 valence electrons. The van der Waals surface area contributed by atoms with Crippen LogP contribution in [0.25, 0.3) is 0 Å². The van der Waals surface area contributed by atoms with Gasteiger partial charge in [0.05, 0.1) is 13.2 Å². The summed E-state index contributed by atoms with van der Waals surface area (Å²) in [5.41, 5.74) is 0.00556. The fourth-order valence-corrected chi connectivity index (χ4v) is 3.48. The van der Waals surface area contributed by atoms with E-state index in [-0.39, 0.29) is 12.0 Å². The van der Waals surface area contributed by atoms with E-state index >= 15 is 0 Å². The molecule has 0 amide bonds. The molecule has 0 aromatic heterocycles. The molecule has 0 bridgehead atoms. The fourth-order valence-electron chi connectivity index (χ4n) is 3.48. The van der Waals surface area contributed by atoms with Gasteiger partial charge in [0, 0.05) is 25.1 Å². The Kier molecular flexibility index (Phi) is 4.83. The van der Waals surface area contributed by atoms with Crippen molar-refractivity contribution >= 4 is 0 Å². The SMILES string of the molecule is CN(CC1CCCC1)CC1(CO)CCCOC1. The summed E-state index contributed by atoms with van der Waals surface area (Å²) >= 11 is 0. The number of aliphatic hydroxyl groups excluding tert-OH is 1. The van der Waals surface area contributed by atoms with Crippen molar-refractivity contribution in [1.82, 2.24) is 4.90 Å². The first-order chi connectivity index (χ1) is 8.24. The van der Waals surface area contributed by atoms with Crippen LogP contribution in [-0.4, -0.2) is 50.0 Å². The van der Waals surface area contributed by atoms with Crippen molar-refractivity contribution in [2.75, 3.05) is 40.0 Å². The van der Waals surface area contributed by atoms with Gasteiger partial charge < -0.3 is 14.7 Å². The largest absolute Gasteiger partial charge is 0.396 e. The highest BCUT2D eigenvalue weighted by Gasteiger charge is 2.34. The van der Waals surface area contributed by atoms with Crippen LogP contribution >= 0.6 is 0 Å². The quantitative estimate of drug-likeness (QED) is 0.798. The van der Waals surface area contributed by atoms with Gasteiger partial charge in [-0.25, -0.2) is 0 Å². The molecule has 1 unspecified atom stereocenters. The highest BCUT2D eigenvalue weighted by atomic mass is 16.5. The lowest BCUT2D eigenvalue weighted by atomic mass is 9.82. The summed E-state index contributed by atoms with van der Waals surface area (Å²) in [6, 6.07) is 0. The first-order valence-corrected chi connectivity index (χ1v) is 7.11. The lowest BCUT2D eigenvalue weighted by Gasteiger charge is -2.39. The highest BCUT2D eigenvalue weighted by Crippen LogP contribution is 2.30. The standard InChI is InChI=1S/C14H27NO2/c1-15(9-13-5-2-3-6-13)10-14(11-16)7-4-8-17-12-14/h13,16H,2-12H2,1H3. The predicted molar refractivity (Wildman–Crippen MR) is 69.0 cm³/mol. The molecule has 0 spiro atoms. The minimum absolute atomic E-state index is 0.00556. The molecule has 1 aliphatic heterocycles. The molecule has 1 N–H and O–H groups in total. The minimum atomic E-state index is 0.00556. The van der Waals surface area contributed by atoms with E-state index in [4.69, 9.17) is 4.74 Å². The second kappa shape index (κ2) is 6.17. The third-order valence-electron chi connectivity index (χ3n) is 4.39. The molecule has 0 aromatic rings. The highest BCUT2D eigenvalue weighted by molar-refractivity contribution is 4.84. The molecule has 3 heteroatoms. The normalized spacial score (nSPS) is 31.2. The summed E-state index contributed by atoms with van der Waals surface area (Å²) in [5.74, 6) is 0.889.